The lowest BCUT2D eigenvalue weighted by molar-refractivity contribution is -0.137. The third-order valence-corrected chi connectivity index (χ3v) is 2.92. The molecule has 0 spiro atoms. The maximum atomic E-state index is 12.4. The van der Waals surface area contributed by atoms with E-state index in [0.717, 1.165) is 18.2 Å². The van der Waals surface area contributed by atoms with Crippen molar-refractivity contribution < 1.29 is 22.7 Å². The first-order valence-corrected chi connectivity index (χ1v) is 5.33. The number of carbonyl (C=O) groups is 1. The second-order valence-electron chi connectivity index (χ2n) is 3.35. The number of fused-ring (bicyclic) bond motifs is 1. The van der Waals surface area contributed by atoms with Crippen LogP contribution in [0.25, 0.3) is 0 Å². The molecule has 86 valence electrons. The van der Waals surface area contributed by atoms with Gasteiger partial charge in [0.25, 0.3) is 0 Å². The lowest BCUT2D eigenvalue weighted by Gasteiger charge is -2.21. The molecule has 2 rings (SSSR count). The van der Waals surface area contributed by atoms with Crippen LogP contribution in [0.4, 0.5) is 13.2 Å². The van der Waals surface area contributed by atoms with Gasteiger partial charge in [0.2, 0.25) is 0 Å². The van der Waals surface area contributed by atoms with E-state index in [1.807, 2.05) is 0 Å². The minimum atomic E-state index is -4.42. The topological polar surface area (TPSA) is 26.3 Å². The van der Waals surface area contributed by atoms with E-state index in [9.17, 15) is 18.0 Å². The molecule has 0 radical (unpaired) electrons. The zero-order chi connectivity index (χ0) is 11.9. The van der Waals surface area contributed by atoms with Crippen LogP contribution in [0.15, 0.2) is 18.2 Å². The number of ketones is 1. The molecule has 0 N–H and O–H groups in total. The van der Waals surface area contributed by atoms with E-state index in [4.69, 9.17) is 4.74 Å². The van der Waals surface area contributed by atoms with Crippen LogP contribution in [-0.4, -0.2) is 17.2 Å². The van der Waals surface area contributed by atoms with Crippen LogP contribution >= 0.6 is 15.9 Å². The average Bonchev–Trinajstić information content (AvgIpc) is 2.22. The SMILES string of the molecule is O=C1c2ccc(C(F)(F)F)cc2OC[C@@H]1Br. The van der Waals surface area contributed by atoms with Crippen molar-refractivity contribution in [2.75, 3.05) is 6.61 Å². The van der Waals surface area contributed by atoms with Gasteiger partial charge in [-0.1, -0.05) is 15.9 Å². The van der Waals surface area contributed by atoms with Gasteiger partial charge in [-0.3, -0.25) is 4.79 Å². The number of hydrogen-bond acceptors (Lipinski definition) is 2. The Morgan fingerprint density at radius 3 is 2.69 bits per heavy atom. The second kappa shape index (κ2) is 3.76. The predicted molar refractivity (Wildman–Crippen MR) is 54.0 cm³/mol. The second-order valence-corrected chi connectivity index (χ2v) is 4.46. The van der Waals surface area contributed by atoms with E-state index in [1.165, 1.54) is 0 Å². The highest BCUT2D eigenvalue weighted by Crippen LogP contribution is 2.35. The van der Waals surface area contributed by atoms with Crippen LogP contribution in [0.1, 0.15) is 15.9 Å². The summed E-state index contributed by atoms with van der Waals surface area (Å²) < 4.78 is 42.2. The summed E-state index contributed by atoms with van der Waals surface area (Å²) in [5, 5.41) is 0. The van der Waals surface area contributed by atoms with Gasteiger partial charge in [0.1, 0.15) is 17.2 Å². The summed E-state index contributed by atoms with van der Waals surface area (Å²) in [6.45, 7) is 0.0488. The zero-order valence-corrected chi connectivity index (χ0v) is 9.43. The first-order valence-electron chi connectivity index (χ1n) is 4.42. The summed E-state index contributed by atoms with van der Waals surface area (Å²) in [5.41, 5.74) is -0.631. The summed E-state index contributed by atoms with van der Waals surface area (Å²) in [6, 6.07) is 2.88. The molecule has 0 unspecified atom stereocenters. The Bertz CT molecular complexity index is 442. The van der Waals surface area contributed by atoms with Gasteiger partial charge in [0.15, 0.2) is 5.78 Å². The molecular formula is C10H6BrF3O2. The molecule has 1 aliphatic heterocycles. The van der Waals surface area contributed by atoms with E-state index in [-0.39, 0.29) is 23.7 Å². The van der Waals surface area contributed by atoms with E-state index < -0.39 is 16.6 Å². The molecule has 1 aromatic rings. The Labute approximate surface area is 97.5 Å². The van der Waals surface area contributed by atoms with Crippen molar-refractivity contribution in [1.29, 1.82) is 0 Å². The van der Waals surface area contributed by atoms with Crippen LogP contribution in [0.3, 0.4) is 0 Å². The third kappa shape index (κ3) is 1.93. The van der Waals surface area contributed by atoms with Crippen molar-refractivity contribution in [3.8, 4) is 5.75 Å². The molecule has 0 fully saturated rings. The molecule has 0 saturated carbocycles. The number of alkyl halides is 4. The van der Waals surface area contributed by atoms with Gasteiger partial charge in [-0.2, -0.15) is 13.2 Å². The molecular weight excluding hydrogens is 289 g/mol. The van der Waals surface area contributed by atoms with Crippen LogP contribution in [0.5, 0.6) is 5.75 Å². The summed E-state index contributed by atoms with van der Waals surface area (Å²) in [4.78, 5) is 11.1. The fourth-order valence-corrected chi connectivity index (χ4v) is 1.81. The number of rotatable bonds is 0. The highest BCUT2D eigenvalue weighted by Gasteiger charge is 2.34. The lowest BCUT2D eigenvalue weighted by Crippen LogP contribution is -2.28. The maximum Gasteiger partial charge on any atom is 0.416 e. The maximum absolute atomic E-state index is 12.4. The Hall–Kier alpha value is -1.04. The molecule has 1 aliphatic rings. The van der Waals surface area contributed by atoms with E-state index in [0.29, 0.717) is 0 Å². The lowest BCUT2D eigenvalue weighted by atomic mass is 10.0. The van der Waals surface area contributed by atoms with Gasteiger partial charge in [-0.05, 0) is 18.2 Å². The van der Waals surface area contributed by atoms with E-state index in [1.54, 1.807) is 0 Å². The Kier molecular flexibility index (Phi) is 2.69. The first kappa shape index (κ1) is 11.4. The van der Waals surface area contributed by atoms with Crippen molar-refractivity contribution in [1.82, 2.24) is 0 Å². The first-order chi connectivity index (χ1) is 7.39. The number of carbonyl (C=O) groups excluding carboxylic acids is 1. The highest BCUT2D eigenvalue weighted by molar-refractivity contribution is 9.10. The zero-order valence-electron chi connectivity index (χ0n) is 7.84. The molecule has 6 heteroatoms. The fraction of sp³-hybridized carbons (Fsp3) is 0.300. The van der Waals surface area contributed by atoms with E-state index >= 15 is 0 Å². The molecule has 2 nitrogen and oxygen atoms in total. The van der Waals surface area contributed by atoms with Crippen molar-refractivity contribution in [3.05, 3.63) is 29.3 Å². The fourth-order valence-electron chi connectivity index (χ4n) is 1.43. The molecule has 1 aromatic carbocycles. The predicted octanol–water partition coefficient (Wildman–Crippen LogP) is 3.04. The molecule has 0 aliphatic carbocycles. The number of hydrogen-bond donors (Lipinski definition) is 0. The summed E-state index contributed by atoms with van der Waals surface area (Å²) in [7, 11) is 0. The normalized spacial score (nSPS) is 20.2. The third-order valence-electron chi connectivity index (χ3n) is 2.24. The smallest absolute Gasteiger partial charge is 0.416 e. The quantitative estimate of drug-likeness (QED) is 0.688. The van der Waals surface area contributed by atoms with Crippen LogP contribution in [0, 0.1) is 0 Å². The average molecular weight is 295 g/mol. The molecule has 16 heavy (non-hydrogen) atoms. The minimum absolute atomic E-state index is 0.00414. The molecule has 0 bridgehead atoms. The van der Waals surface area contributed by atoms with Gasteiger partial charge in [0.05, 0.1) is 11.1 Å². The van der Waals surface area contributed by atoms with Crippen LogP contribution in [0.2, 0.25) is 0 Å². The number of benzene rings is 1. The molecule has 1 heterocycles. The number of ether oxygens (including phenoxy) is 1. The Morgan fingerprint density at radius 1 is 1.38 bits per heavy atom. The van der Waals surface area contributed by atoms with Crippen LogP contribution in [-0.2, 0) is 6.18 Å². The van der Waals surface area contributed by atoms with Gasteiger partial charge >= 0.3 is 6.18 Å². The standard InChI is InChI=1S/C10H6BrF3O2/c11-7-4-16-8-3-5(10(12,13)14)1-2-6(8)9(7)15/h1-3,7H,4H2/t7-/m0/s1. The summed E-state index contributed by atoms with van der Waals surface area (Å²) in [5.74, 6) is -0.259. The van der Waals surface area contributed by atoms with Gasteiger partial charge in [-0.15, -0.1) is 0 Å². The van der Waals surface area contributed by atoms with Gasteiger partial charge in [0, 0.05) is 0 Å². The molecule has 1 atom stereocenters. The summed E-state index contributed by atoms with van der Waals surface area (Å²) >= 11 is 3.08. The Morgan fingerprint density at radius 2 is 2.06 bits per heavy atom. The van der Waals surface area contributed by atoms with Gasteiger partial charge < -0.3 is 4.74 Å². The summed E-state index contributed by atoms with van der Waals surface area (Å²) in [6.07, 6.45) is -4.42. The van der Waals surface area contributed by atoms with Crippen molar-refractivity contribution >= 4 is 21.7 Å². The Balaban J connectivity index is 2.45. The molecule has 0 saturated heterocycles. The van der Waals surface area contributed by atoms with Crippen molar-refractivity contribution in [2.24, 2.45) is 0 Å². The van der Waals surface area contributed by atoms with Crippen molar-refractivity contribution in [3.63, 3.8) is 0 Å². The van der Waals surface area contributed by atoms with Gasteiger partial charge in [-0.25, -0.2) is 0 Å². The molecule has 0 aromatic heterocycles. The van der Waals surface area contributed by atoms with E-state index in [2.05, 4.69) is 15.9 Å². The monoisotopic (exact) mass is 294 g/mol. The minimum Gasteiger partial charge on any atom is -0.491 e. The number of Topliss-reactive ketones (excluding diaryl/α,β-unsaturated/α-hetero) is 1. The molecule has 0 amide bonds. The highest BCUT2D eigenvalue weighted by atomic mass is 79.9. The van der Waals surface area contributed by atoms with Crippen LogP contribution < -0.4 is 4.74 Å². The largest absolute Gasteiger partial charge is 0.491 e. The van der Waals surface area contributed by atoms with Crippen molar-refractivity contribution in [2.45, 2.75) is 11.0 Å². The number of halogens is 4.